The Balaban J connectivity index is 1.98. The fraction of sp³-hybridized carbons (Fsp3) is 0.385. The van der Waals surface area contributed by atoms with Gasteiger partial charge in [0.1, 0.15) is 0 Å². The van der Waals surface area contributed by atoms with Crippen LogP contribution in [0.15, 0.2) is 28.8 Å². The molecule has 4 heteroatoms. The van der Waals surface area contributed by atoms with Crippen molar-refractivity contribution in [2.24, 2.45) is 0 Å². The van der Waals surface area contributed by atoms with Crippen LogP contribution in [0.5, 0.6) is 0 Å². The summed E-state index contributed by atoms with van der Waals surface area (Å²) >= 11 is 0. The molecule has 2 aromatic rings. The molecule has 1 N–H and O–H groups in total. The summed E-state index contributed by atoms with van der Waals surface area (Å²) in [6.45, 7) is 2.93. The Morgan fingerprint density at radius 3 is 2.71 bits per heavy atom. The number of nitrogens with zero attached hydrogens (tertiary/aromatic N) is 2. The molecule has 0 amide bonds. The van der Waals surface area contributed by atoms with Gasteiger partial charge >= 0.3 is 0 Å². The van der Waals surface area contributed by atoms with Crippen molar-refractivity contribution in [1.82, 2.24) is 15.5 Å². The van der Waals surface area contributed by atoms with E-state index in [1.165, 1.54) is 11.1 Å². The van der Waals surface area contributed by atoms with Crippen molar-refractivity contribution >= 4 is 0 Å². The Labute approximate surface area is 101 Å². The van der Waals surface area contributed by atoms with Gasteiger partial charge in [-0.1, -0.05) is 35.0 Å². The Morgan fingerprint density at radius 2 is 2.00 bits per heavy atom. The van der Waals surface area contributed by atoms with Crippen molar-refractivity contribution in [3.8, 4) is 0 Å². The molecule has 17 heavy (non-hydrogen) atoms. The maximum atomic E-state index is 5.16. The van der Waals surface area contributed by atoms with E-state index in [1.807, 2.05) is 7.05 Å². The van der Waals surface area contributed by atoms with E-state index in [0.29, 0.717) is 5.89 Å². The standard InChI is InChI=1S/C13H17N3O/c1-10-3-5-11(6-4-10)9-12-15-13(17-16-12)7-8-14-2/h3-6,14H,7-9H2,1-2H3. The van der Waals surface area contributed by atoms with Crippen LogP contribution in [0.3, 0.4) is 0 Å². The molecule has 2 rings (SSSR count). The zero-order chi connectivity index (χ0) is 12.1. The monoisotopic (exact) mass is 231 g/mol. The van der Waals surface area contributed by atoms with Crippen LogP contribution < -0.4 is 5.32 Å². The lowest BCUT2D eigenvalue weighted by atomic mass is 10.1. The van der Waals surface area contributed by atoms with Crippen LogP contribution >= 0.6 is 0 Å². The molecule has 0 radical (unpaired) electrons. The van der Waals surface area contributed by atoms with Gasteiger partial charge in [0.2, 0.25) is 5.89 Å². The van der Waals surface area contributed by atoms with Crippen molar-refractivity contribution in [3.05, 3.63) is 47.1 Å². The molecule has 0 saturated carbocycles. The lowest BCUT2D eigenvalue weighted by Gasteiger charge is -1.97. The van der Waals surface area contributed by atoms with E-state index < -0.39 is 0 Å². The average molecular weight is 231 g/mol. The van der Waals surface area contributed by atoms with Crippen LogP contribution in [-0.4, -0.2) is 23.7 Å². The van der Waals surface area contributed by atoms with Gasteiger partial charge < -0.3 is 9.84 Å². The number of nitrogens with one attached hydrogen (secondary N) is 1. The summed E-state index contributed by atoms with van der Waals surface area (Å²) in [5.41, 5.74) is 2.47. The number of hydrogen-bond acceptors (Lipinski definition) is 4. The summed E-state index contributed by atoms with van der Waals surface area (Å²) in [7, 11) is 1.91. The Morgan fingerprint density at radius 1 is 1.24 bits per heavy atom. The highest BCUT2D eigenvalue weighted by Crippen LogP contribution is 2.08. The molecule has 0 spiro atoms. The minimum absolute atomic E-state index is 0.696. The third-order valence-corrected chi connectivity index (χ3v) is 2.58. The number of rotatable bonds is 5. The van der Waals surface area contributed by atoms with E-state index in [0.717, 1.165) is 25.2 Å². The molecule has 90 valence electrons. The van der Waals surface area contributed by atoms with Gasteiger partial charge in [-0.05, 0) is 19.5 Å². The largest absolute Gasteiger partial charge is 0.339 e. The van der Waals surface area contributed by atoms with Crippen LogP contribution in [-0.2, 0) is 12.8 Å². The smallest absolute Gasteiger partial charge is 0.227 e. The Hall–Kier alpha value is -1.68. The molecule has 0 bridgehead atoms. The number of hydrogen-bond donors (Lipinski definition) is 1. The minimum Gasteiger partial charge on any atom is -0.339 e. The number of aromatic nitrogens is 2. The molecule has 4 nitrogen and oxygen atoms in total. The van der Waals surface area contributed by atoms with E-state index in [4.69, 9.17) is 4.52 Å². The number of benzene rings is 1. The van der Waals surface area contributed by atoms with Gasteiger partial charge in [0, 0.05) is 19.4 Å². The van der Waals surface area contributed by atoms with E-state index in [1.54, 1.807) is 0 Å². The van der Waals surface area contributed by atoms with Crippen molar-refractivity contribution in [3.63, 3.8) is 0 Å². The SMILES string of the molecule is CNCCc1nc(Cc2ccc(C)cc2)no1. The summed E-state index contributed by atoms with van der Waals surface area (Å²) < 4.78 is 5.16. The van der Waals surface area contributed by atoms with E-state index in [-0.39, 0.29) is 0 Å². The molecule has 0 unspecified atom stereocenters. The zero-order valence-corrected chi connectivity index (χ0v) is 10.2. The van der Waals surface area contributed by atoms with Gasteiger partial charge in [-0.2, -0.15) is 4.98 Å². The third kappa shape index (κ3) is 3.39. The first-order valence-corrected chi connectivity index (χ1v) is 5.79. The molecule has 1 aromatic carbocycles. The van der Waals surface area contributed by atoms with Crippen molar-refractivity contribution in [1.29, 1.82) is 0 Å². The second kappa shape index (κ2) is 5.59. The highest BCUT2D eigenvalue weighted by Gasteiger charge is 2.06. The van der Waals surface area contributed by atoms with Crippen molar-refractivity contribution in [2.75, 3.05) is 13.6 Å². The molecule has 0 saturated heterocycles. The quantitative estimate of drug-likeness (QED) is 0.851. The Kier molecular flexibility index (Phi) is 3.88. The average Bonchev–Trinajstić information content (AvgIpc) is 2.77. The molecule has 0 atom stereocenters. The summed E-state index contributed by atoms with van der Waals surface area (Å²) in [5.74, 6) is 1.45. The fourth-order valence-corrected chi connectivity index (χ4v) is 1.58. The van der Waals surface area contributed by atoms with Crippen molar-refractivity contribution < 1.29 is 4.52 Å². The highest BCUT2D eigenvalue weighted by atomic mass is 16.5. The summed E-state index contributed by atoms with van der Waals surface area (Å²) in [4.78, 5) is 4.35. The normalized spacial score (nSPS) is 10.7. The molecular formula is C13H17N3O. The van der Waals surface area contributed by atoms with Gasteiger partial charge in [-0.25, -0.2) is 0 Å². The first-order valence-electron chi connectivity index (χ1n) is 5.79. The van der Waals surface area contributed by atoms with Gasteiger partial charge in [0.25, 0.3) is 0 Å². The highest BCUT2D eigenvalue weighted by molar-refractivity contribution is 5.23. The summed E-state index contributed by atoms with van der Waals surface area (Å²) in [6.07, 6.45) is 1.50. The van der Waals surface area contributed by atoms with E-state index in [2.05, 4.69) is 46.6 Å². The zero-order valence-electron chi connectivity index (χ0n) is 10.2. The first-order chi connectivity index (χ1) is 8.28. The molecule has 0 aliphatic carbocycles. The predicted octanol–water partition coefficient (Wildman–Crippen LogP) is 1.73. The van der Waals surface area contributed by atoms with Crippen molar-refractivity contribution in [2.45, 2.75) is 19.8 Å². The summed E-state index contributed by atoms with van der Waals surface area (Å²) in [6, 6.07) is 8.38. The minimum atomic E-state index is 0.696. The maximum Gasteiger partial charge on any atom is 0.227 e. The second-order valence-electron chi connectivity index (χ2n) is 4.12. The van der Waals surface area contributed by atoms with E-state index >= 15 is 0 Å². The van der Waals surface area contributed by atoms with Crippen LogP contribution in [0.4, 0.5) is 0 Å². The second-order valence-corrected chi connectivity index (χ2v) is 4.12. The Bertz CT molecular complexity index is 462. The fourth-order valence-electron chi connectivity index (χ4n) is 1.58. The van der Waals surface area contributed by atoms with Gasteiger partial charge in [0.05, 0.1) is 0 Å². The summed E-state index contributed by atoms with van der Waals surface area (Å²) in [5, 5.41) is 7.03. The molecule has 0 fully saturated rings. The van der Waals surface area contributed by atoms with Crippen LogP contribution in [0, 0.1) is 6.92 Å². The molecule has 0 aliphatic heterocycles. The third-order valence-electron chi connectivity index (χ3n) is 2.58. The van der Waals surface area contributed by atoms with Crippen LogP contribution in [0.2, 0.25) is 0 Å². The van der Waals surface area contributed by atoms with Crippen LogP contribution in [0.1, 0.15) is 22.8 Å². The first kappa shape index (κ1) is 11.8. The predicted molar refractivity (Wildman–Crippen MR) is 65.9 cm³/mol. The molecule has 1 aromatic heterocycles. The molecular weight excluding hydrogens is 214 g/mol. The van der Waals surface area contributed by atoms with Gasteiger partial charge in [-0.15, -0.1) is 0 Å². The molecule has 0 aliphatic rings. The van der Waals surface area contributed by atoms with E-state index in [9.17, 15) is 0 Å². The maximum absolute atomic E-state index is 5.16. The lowest BCUT2D eigenvalue weighted by molar-refractivity contribution is 0.372. The number of aryl methyl sites for hydroxylation is 1. The lowest BCUT2D eigenvalue weighted by Crippen LogP contribution is -2.10. The molecule has 1 heterocycles. The topological polar surface area (TPSA) is 51.0 Å². The van der Waals surface area contributed by atoms with Gasteiger partial charge in [0.15, 0.2) is 5.82 Å². The van der Waals surface area contributed by atoms with Crippen LogP contribution in [0.25, 0.3) is 0 Å². The van der Waals surface area contributed by atoms with Gasteiger partial charge in [-0.3, -0.25) is 0 Å². The number of likely N-dealkylation sites (N-methyl/N-ethyl adjacent to an activating group) is 1.